The number of likely N-dealkylation sites (N-methyl/N-ethyl adjacent to an activating group) is 1. The number of carbonyl (C=O) groups excluding carboxylic acids is 3. The largest absolute Gasteiger partial charge is 0.508 e. The average Bonchev–Trinajstić information content (AvgIpc) is 2.91. The molecule has 0 fully saturated rings. The summed E-state index contributed by atoms with van der Waals surface area (Å²) in [5.74, 6) is -1.19. The lowest BCUT2D eigenvalue weighted by molar-refractivity contribution is -0.126. The van der Waals surface area contributed by atoms with E-state index in [1.165, 1.54) is 23.2 Å². The van der Waals surface area contributed by atoms with Crippen LogP contribution in [-0.4, -0.2) is 85.1 Å². The molecular formula is C30H45N5O7S. The fourth-order valence-electron chi connectivity index (χ4n) is 4.56. The van der Waals surface area contributed by atoms with Gasteiger partial charge < -0.3 is 20.4 Å². The lowest BCUT2D eigenvalue weighted by Gasteiger charge is -2.28. The summed E-state index contributed by atoms with van der Waals surface area (Å²) >= 11 is 0. The SMILES string of the molecule is CCCN(CCC)C(=O)c1cc(C(=O)NC(Cc2ccc(O)cc2)C(O)CN(C)NC(=O)CC(C)C)cc(S(N)(=O)=O)c1. The third kappa shape index (κ3) is 11.6. The Morgan fingerprint density at radius 1 is 0.977 bits per heavy atom. The maximum atomic E-state index is 13.6. The Balaban J connectivity index is 2.41. The van der Waals surface area contributed by atoms with Crippen LogP contribution in [0.2, 0.25) is 0 Å². The number of rotatable bonds is 16. The van der Waals surface area contributed by atoms with E-state index in [1.54, 1.807) is 24.1 Å². The Labute approximate surface area is 254 Å². The summed E-state index contributed by atoms with van der Waals surface area (Å²) in [7, 11) is -2.68. The first-order chi connectivity index (χ1) is 20.1. The van der Waals surface area contributed by atoms with Gasteiger partial charge in [-0.25, -0.2) is 18.6 Å². The van der Waals surface area contributed by atoms with E-state index in [-0.39, 0.29) is 46.6 Å². The molecule has 0 spiro atoms. The van der Waals surface area contributed by atoms with Crippen LogP contribution in [0.1, 0.15) is 73.2 Å². The highest BCUT2D eigenvalue weighted by molar-refractivity contribution is 7.89. The van der Waals surface area contributed by atoms with Crippen LogP contribution < -0.4 is 15.9 Å². The van der Waals surface area contributed by atoms with Gasteiger partial charge in [0.05, 0.1) is 17.0 Å². The monoisotopic (exact) mass is 619 g/mol. The van der Waals surface area contributed by atoms with Gasteiger partial charge in [-0.3, -0.25) is 19.8 Å². The minimum Gasteiger partial charge on any atom is -0.508 e. The molecule has 13 heteroatoms. The van der Waals surface area contributed by atoms with Crippen molar-refractivity contribution in [3.05, 3.63) is 59.2 Å². The van der Waals surface area contributed by atoms with Crippen LogP contribution in [0.15, 0.2) is 47.4 Å². The van der Waals surface area contributed by atoms with Gasteiger partial charge in [0.25, 0.3) is 11.8 Å². The third-order valence-corrected chi connectivity index (χ3v) is 7.45. The van der Waals surface area contributed by atoms with Gasteiger partial charge in [0.1, 0.15) is 5.75 Å². The van der Waals surface area contributed by atoms with Crippen molar-refractivity contribution in [1.29, 1.82) is 0 Å². The van der Waals surface area contributed by atoms with Crippen LogP contribution in [0.5, 0.6) is 5.75 Å². The van der Waals surface area contributed by atoms with E-state index in [4.69, 9.17) is 5.14 Å². The molecule has 12 nitrogen and oxygen atoms in total. The molecule has 0 saturated heterocycles. The van der Waals surface area contributed by atoms with Crippen LogP contribution in [0.25, 0.3) is 0 Å². The number of benzene rings is 2. The van der Waals surface area contributed by atoms with Gasteiger partial charge in [0.15, 0.2) is 0 Å². The smallest absolute Gasteiger partial charge is 0.253 e. The predicted octanol–water partition coefficient (Wildman–Crippen LogP) is 2.01. The Morgan fingerprint density at radius 3 is 2.09 bits per heavy atom. The van der Waals surface area contributed by atoms with Gasteiger partial charge >= 0.3 is 0 Å². The molecule has 238 valence electrons. The summed E-state index contributed by atoms with van der Waals surface area (Å²) in [6, 6.07) is 8.89. The molecule has 6 N–H and O–H groups in total. The number of aliphatic hydroxyl groups excluding tert-OH is 1. The fourth-order valence-corrected chi connectivity index (χ4v) is 5.14. The normalized spacial score (nSPS) is 13.0. The van der Waals surface area contributed by atoms with Crippen LogP contribution >= 0.6 is 0 Å². The fraction of sp³-hybridized carbons (Fsp3) is 0.500. The van der Waals surface area contributed by atoms with Crippen molar-refractivity contribution in [2.75, 3.05) is 26.7 Å². The number of carbonyl (C=O) groups is 3. The van der Waals surface area contributed by atoms with Crippen molar-refractivity contribution in [1.82, 2.24) is 20.7 Å². The maximum absolute atomic E-state index is 13.6. The first kappa shape index (κ1) is 35.7. The van der Waals surface area contributed by atoms with Crippen molar-refractivity contribution in [3.8, 4) is 5.75 Å². The zero-order valence-electron chi connectivity index (χ0n) is 25.5. The molecule has 0 radical (unpaired) electrons. The number of aromatic hydroxyl groups is 1. The van der Waals surface area contributed by atoms with E-state index < -0.39 is 34.0 Å². The van der Waals surface area contributed by atoms with Gasteiger partial charge in [0.2, 0.25) is 15.9 Å². The number of sulfonamides is 1. The van der Waals surface area contributed by atoms with Gasteiger partial charge in [-0.2, -0.15) is 0 Å². The number of hydrazine groups is 1. The first-order valence-electron chi connectivity index (χ1n) is 14.4. The molecule has 0 bridgehead atoms. The minimum atomic E-state index is -4.27. The molecule has 2 unspecified atom stereocenters. The number of phenols is 1. The number of nitrogens with zero attached hydrogens (tertiary/aromatic N) is 2. The molecule has 0 aromatic heterocycles. The maximum Gasteiger partial charge on any atom is 0.253 e. The Kier molecular flexibility index (Phi) is 13.6. The summed E-state index contributed by atoms with van der Waals surface area (Å²) in [5, 5.41) is 30.4. The highest BCUT2D eigenvalue weighted by atomic mass is 32.2. The number of amides is 3. The van der Waals surface area contributed by atoms with E-state index in [1.807, 2.05) is 27.7 Å². The molecule has 0 saturated carbocycles. The molecule has 0 aliphatic heterocycles. The van der Waals surface area contributed by atoms with Crippen LogP contribution in [0, 0.1) is 5.92 Å². The van der Waals surface area contributed by atoms with Gasteiger partial charge in [-0.15, -0.1) is 0 Å². The Morgan fingerprint density at radius 2 is 1.56 bits per heavy atom. The highest BCUT2D eigenvalue weighted by Gasteiger charge is 2.26. The van der Waals surface area contributed by atoms with Crippen molar-refractivity contribution in [2.24, 2.45) is 11.1 Å². The second kappa shape index (κ2) is 16.4. The Hall–Kier alpha value is -3.52. The van der Waals surface area contributed by atoms with E-state index in [0.29, 0.717) is 37.9 Å². The van der Waals surface area contributed by atoms with E-state index in [2.05, 4.69) is 10.7 Å². The number of phenolic OH excluding ortho intramolecular Hbond substituents is 1. The molecule has 3 amide bonds. The molecule has 2 atom stereocenters. The third-order valence-electron chi connectivity index (χ3n) is 6.56. The predicted molar refractivity (Wildman–Crippen MR) is 164 cm³/mol. The molecule has 43 heavy (non-hydrogen) atoms. The van der Waals surface area contributed by atoms with Gasteiger partial charge in [0, 0.05) is 44.2 Å². The van der Waals surface area contributed by atoms with Crippen LogP contribution in [0.3, 0.4) is 0 Å². The second-order valence-electron chi connectivity index (χ2n) is 11.1. The number of hydrogen-bond donors (Lipinski definition) is 5. The zero-order valence-corrected chi connectivity index (χ0v) is 26.4. The molecule has 2 aromatic carbocycles. The standard InChI is InChI=1S/C30H45N5O7S/c1-6-12-35(13-7-2)30(40)23-16-22(17-25(18-23)43(31,41)42)29(39)32-26(15-21-8-10-24(36)11-9-21)27(37)19-34(5)33-28(38)14-20(3)4/h8-11,16-18,20,26-27,36-37H,6-7,12-15,19H2,1-5H3,(H,32,39)(H,33,38)(H2,31,41,42). The summed E-state index contributed by atoms with van der Waals surface area (Å²) in [6.45, 7) is 8.52. The lowest BCUT2D eigenvalue weighted by Crippen LogP contribution is -2.52. The second-order valence-corrected chi connectivity index (χ2v) is 12.7. The number of nitrogens with two attached hydrogens (primary N) is 1. The van der Waals surface area contributed by atoms with E-state index in [0.717, 1.165) is 12.1 Å². The minimum absolute atomic E-state index is 0.00167. The molecule has 0 aliphatic rings. The molecule has 0 heterocycles. The van der Waals surface area contributed by atoms with Crippen LogP contribution in [-0.2, 0) is 21.2 Å². The van der Waals surface area contributed by atoms with Crippen molar-refractivity contribution in [2.45, 2.75) is 70.4 Å². The van der Waals surface area contributed by atoms with Crippen LogP contribution in [0.4, 0.5) is 0 Å². The molecule has 2 rings (SSSR count). The lowest BCUT2D eigenvalue weighted by atomic mass is 10.00. The molecule has 2 aromatic rings. The number of primary sulfonamides is 1. The molecule has 0 aliphatic carbocycles. The van der Waals surface area contributed by atoms with Crippen molar-refractivity contribution in [3.63, 3.8) is 0 Å². The topological polar surface area (TPSA) is 182 Å². The van der Waals surface area contributed by atoms with Gasteiger partial charge in [-0.05, 0) is 61.1 Å². The average molecular weight is 620 g/mol. The number of nitrogens with one attached hydrogen (secondary N) is 2. The van der Waals surface area contributed by atoms with E-state index >= 15 is 0 Å². The highest BCUT2D eigenvalue weighted by Crippen LogP contribution is 2.19. The van der Waals surface area contributed by atoms with Crippen molar-refractivity contribution < 1.29 is 33.0 Å². The number of aliphatic hydroxyl groups is 1. The summed E-state index contributed by atoms with van der Waals surface area (Å²) in [5.41, 5.74) is 3.27. The summed E-state index contributed by atoms with van der Waals surface area (Å²) < 4.78 is 24.6. The molecular weight excluding hydrogens is 574 g/mol. The Bertz CT molecular complexity index is 1340. The number of hydrogen-bond acceptors (Lipinski definition) is 8. The van der Waals surface area contributed by atoms with Crippen molar-refractivity contribution >= 4 is 27.7 Å². The quantitative estimate of drug-likeness (QED) is 0.177. The first-order valence-corrected chi connectivity index (χ1v) is 15.9. The van der Waals surface area contributed by atoms with Gasteiger partial charge in [-0.1, -0.05) is 39.8 Å². The van der Waals surface area contributed by atoms with E-state index in [9.17, 15) is 33.0 Å². The summed E-state index contributed by atoms with van der Waals surface area (Å²) in [4.78, 5) is 40.3. The summed E-state index contributed by atoms with van der Waals surface area (Å²) in [6.07, 6.45) is 0.634. The zero-order chi connectivity index (χ0) is 32.3.